The maximum absolute atomic E-state index is 14.2. The minimum absolute atomic E-state index is 0.0335. The van der Waals surface area contributed by atoms with Crippen LogP contribution in [0.5, 0.6) is 5.75 Å². The highest BCUT2D eigenvalue weighted by atomic mass is 32.2. The summed E-state index contributed by atoms with van der Waals surface area (Å²) in [6.07, 6.45) is -0.887. The second-order valence-electron chi connectivity index (χ2n) is 9.17. The van der Waals surface area contributed by atoms with Crippen molar-refractivity contribution in [2.24, 2.45) is 0 Å². The lowest BCUT2D eigenvalue weighted by Crippen LogP contribution is -2.15. The largest absolute Gasteiger partial charge is 0.435 e. The van der Waals surface area contributed by atoms with Crippen molar-refractivity contribution in [3.8, 4) is 28.0 Å². The monoisotopic (exact) mass is 597 g/mol. The van der Waals surface area contributed by atoms with Gasteiger partial charge >= 0.3 is 12.8 Å². The summed E-state index contributed by atoms with van der Waals surface area (Å²) in [5, 5.41) is 4.34. The normalized spacial score (nSPS) is 15.8. The first-order valence-electron chi connectivity index (χ1n) is 12.1. The highest BCUT2D eigenvalue weighted by Crippen LogP contribution is 2.37. The number of ether oxygens (including phenoxy) is 2. The number of anilines is 1. The van der Waals surface area contributed by atoms with Gasteiger partial charge in [0.1, 0.15) is 11.6 Å². The molecule has 0 amide bonds. The molecular weight excluding hydrogens is 576 g/mol. The van der Waals surface area contributed by atoms with Crippen molar-refractivity contribution in [2.45, 2.75) is 30.1 Å². The van der Waals surface area contributed by atoms with Gasteiger partial charge in [0.2, 0.25) is 0 Å². The lowest BCUT2D eigenvalue weighted by Gasteiger charge is -2.16. The molecule has 216 valence electrons. The topological polar surface area (TPSA) is 82.5 Å². The first-order valence-corrected chi connectivity index (χ1v) is 13.6. The third-order valence-corrected chi connectivity index (χ3v) is 7.72. The van der Waals surface area contributed by atoms with Crippen LogP contribution in [0.25, 0.3) is 22.3 Å². The van der Waals surface area contributed by atoms with E-state index in [1.165, 1.54) is 24.4 Å². The van der Waals surface area contributed by atoms with Gasteiger partial charge in [0.15, 0.2) is 0 Å². The van der Waals surface area contributed by atoms with Gasteiger partial charge in [-0.05, 0) is 53.9 Å². The number of hydrogen-bond acceptors (Lipinski definition) is 5. The standard InChI is InChI=1S/C27H21F6N3O4S/c28-20-8-17(9-22(12-20)40-26(29)30)16-4-5-24(18-13-34-36(14-18)21-6-7-39-15-21)25(10-16)35-41(37,38)23-3-1-2-19(11-23)27(31,32)33/h1-5,8-14,21,26,35H,6-7,15H2/t21-/m1/s1. The van der Waals surface area contributed by atoms with E-state index in [0.717, 1.165) is 42.8 Å². The fraction of sp³-hybridized carbons (Fsp3) is 0.222. The molecule has 0 aliphatic carbocycles. The van der Waals surface area contributed by atoms with Gasteiger partial charge in [-0.15, -0.1) is 0 Å². The molecule has 1 aliphatic heterocycles. The Labute approximate surface area is 230 Å². The summed E-state index contributed by atoms with van der Waals surface area (Å²) < 4.78 is 120. The number of alkyl halides is 5. The zero-order chi connectivity index (χ0) is 29.4. The zero-order valence-electron chi connectivity index (χ0n) is 20.9. The summed E-state index contributed by atoms with van der Waals surface area (Å²) in [6.45, 7) is -2.21. The van der Waals surface area contributed by atoms with Gasteiger partial charge in [-0.3, -0.25) is 9.40 Å². The minimum Gasteiger partial charge on any atom is -0.435 e. The molecule has 41 heavy (non-hydrogen) atoms. The Balaban J connectivity index is 1.59. The Morgan fingerprint density at radius 2 is 1.83 bits per heavy atom. The van der Waals surface area contributed by atoms with E-state index in [2.05, 4.69) is 14.6 Å². The van der Waals surface area contributed by atoms with Crippen LogP contribution in [0.4, 0.5) is 32.0 Å². The van der Waals surface area contributed by atoms with Gasteiger partial charge in [-0.25, -0.2) is 12.8 Å². The third-order valence-electron chi connectivity index (χ3n) is 6.36. The molecule has 0 spiro atoms. The molecule has 2 heterocycles. The number of hydrogen-bond donors (Lipinski definition) is 1. The van der Waals surface area contributed by atoms with Crippen LogP contribution >= 0.6 is 0 Å². The minimum atomic E-state index is -4.77. The number of nitrogens with zero attached hydrogens (tertiary/aromatic N) is 2. The first kappa shape index (κ1) is 28.5. The lowest BCUT2D eigenvalue weighted by atomic mass is 10.00. The van der Waals surface area contributed by atoms with Gasteiger partial charge in [0, 0.05) is 30.0 Å². The molecule has 1 aliphatic rings. The van der Waals surface area contributed by atoms with Crippen LogP contribution in [0.3, 0.4) is 0 Å². The molecule has 1 N–H and O–H groups in total. The Kier molecular flexibility index (Phi) is 7.70. The summed E-state index contributed by atoms with van der Waals surface area (Å²) in [7, 11) is -4.56. The first-order chi connectivity index (χ1) is 19.4. The fourth-order valence-electron chi connectivity index (χ4n) is 4.41. The van der Waals surface area contributed by atoms with Crippen molar-refractivity contribution in [2.75, 3.05) is 17.9 Å². The smallest absolute Gasteiger partial charge is 0.416 e. The van der Waals surface area contributed by atoms with Crippen molar-refractivity contribution in [1.82, 2.24) is 9.78 Å². The highest BCUT2D eigenvalue weighted by molar-refractivity contribution is 7.92. The van der Waals surface area contributed by atoms with E-state index in [9.17, 15) is 34.8 Å². The maximum atomic E-state index is 14.2. The van der Waals surface area contributed by atoms with Gasteiger partial charge in [0.05, 0.1) is 35.0 Å². The van der Waals surface area contributed by atoms with Gasteiger partial charge in [-0.1, -0.05) is 18.2 Å². The number of benzene rings is 3. The predicted octanol–water partition coefficient (Wildman–Crippen LogP) is 6.74. The Morgan fingerprint density at radius 3 is 2.54 bits per heavy atom. The van der Waals surface area contributed by atoms with Gasteiger partial charge in [-0.2, -0.15) is 27.1 Å². The number of nitrogens with one attached hydrogen (secondary N) is 1. The molecule has 5 rings (SSSR count). The van der Waals surface area contributed by atoms with Crippen LogP contribution in [-0.2, 0) is 20.9 Å². The molecule has 0 unspecified atom stereocenters. The number of halogens is 6. The average molecular weight is 598 g/mol. The van der Waals surface area contributed by atoms with Crippen molar-refractivity contribution in [1.29, 1.82) is 0 Å². The number of rotatable bonds is 8. The second kappa shape index (κ2) is 11.1. The number of aromatic nitrogens is 2. The number of sulfonamides is 1. The Bertz CT molecular complexity index is 1670. The third kappa shape index (κ3) is 6.49. The summed E-state index contributed by atoms with van der Waals surface area (Å²) >= 11 is 0. The summed E-state index contributed by atoms with van der Waals surface area (Å²) in [5.74, 6) is -1.33. The lowest BCUT2D eigenvalue weighted by molar-refractivity contribution is -0.137. The van der Waals surface area contributed by atoms with E-state index in [-0.39, 0.29) is 22.9 Å². The quantitative estimate of drug-likeness (QED) is 0.228. The van der Waals surface area contributed by atoms with E-state index < -0.39 is 44.8 Å². The molecule has 4 aromatic rings. The van der Waals surface area contributed by atoms with Crippen LogP contribution in [0, 0.1) is 5.82 Å². The summed E-state index contributed by atoms with van der Waals surface area (Å²) in [6, 6.07) is 10.5. The molecule has 14 heteroatoms. The van der Waals surface area contributed by atoms with Crippen LogP contribution in [-0.4, -0.2) is 38.0 Å². The molecule has 1 atom stereocenters. The van der Waals surface area contributed by atoms with Crippen LogP contribution in [0.2, 0.25) is 0 Å². The van der Waals surface area contributed by atoms with Crippen molar-refractivity contribution in [3.05, 3.63) is 84.4 Å². The molecule has 1 aromatic heterocycles. The van der Waals surface area contributed by atoms with Crippen molar-refractivity contribution >= 4 is 15.7 Å². The molecule has 1 saturated heterocycles. The van der Waals surface area contributed by atoms with E-state index >= 15 is 0 Å². The van der Waals surface area contributed by atoms with Crippen molar-refractivity contribution in [3.63, 3.8) is 0 Å². The Morgan fingerprint density at radius 1 is 1.02 bits per heavy atom. The zero-order valence-corrected chi connectivity index (χ0v) is 21.7. The van der Waals surface area contributed by atoms with E-state index in [0.29, 0.717) is 30.4 Å². The molecule has 1 fully saturated rings. The van der Waals surface area contributed by atoms with Crippen molar-refractivity contribution < 1.29 is 44.2 Å². The molecule has 7 nitrogen and oxygen atoms in total. The van der Waals surface area contributed by atoms with Crippen LogP contribution in [0.1, 0.15) is 18.0 Å². The molecular formula is C27H21F6N3O4S. The van der Waals surface area contributed by atoms with E-state index in [4.69, 9.17) is 4.74 Å². The SMILES string of the molecule is O=S(=O)(Nc1cc(-c2cc(F)cc(OC(F)F)c2)ccc1-c1cnn([C@@H]2CCOC2)c1)c1cccc(C(F)(F)F)c1. The van der Waals surface area contributed by atoms with Crippen LogP contribution < -0.4 is 9.46 Å². The van der Waals surface area contributed by atoms with Crippen LogP contribution in [0.15, 0.2) is 78.0 Å². The van der Waals surface area contributed by atoms with E-state index in [1.54, 1.807) is 10.9 Å². The highest BCUT2D eigenvalue weighted by Gasteiger charge is 2.32. The fourth-order valence-corrected chi connectivity index (χ4v) is 5.53. The second-order valence-corrected chi connectivity index (χ2v) is 10.9. The predicted molar refractivity (Wildman–Crippen MR) is 136 cm³/mol. The van der Waals surface area contributed by atoms with Gasteiger partial charge < -0.3 is 9.47 Å². The molecule has 0 radical (unpaired) electrons. The molecule has 0 saturated carbocycles. The average Bonchev–Trinajstić information content (AvgIpc) is 3.60. The summed E-state index contributed by atoms with van der Waals surface area (Å²) in [5.41, 5.74) is -0.124. The van der Waals surface area contributed by atoms with E-state index in [1.807, 2.05) is 0 Å². The molecule has 3 aromatic carbocycles. The summed E-state index contributed by atoms with van der Waals surface area (Å²) in [4.78, 5) is -0.638. The Hall–Kier alpha value is -4.04. The maximum Gasteiger partial charge on any atom is 0.416 e. The van der Waals surface area contributed by atoms with Gasteiger partial charge in [0.25, 0.3) is 10.0 Å². The molecule has 0 bridgehead atoms.